The molecule has 2 rings (SSSR count). The molecule has 2 aromatic carbocycles. The van der Waals surface area contributed by atoms with Gasteiger partial charge in [-0.05, 0) is 37.1 Å². The summed E-state index contributed by atoms with van der Waals surface area (Å²) in [7, 11) is 0. The number of hydrogen-bond donors (Lipinski definition) is 3. The smallest absolute Gasteiger partial charge is 0.314 e. The molecule has 0 spiro atoms. The van der Waals surface area contributed by atoms with E-state index in [1.807, 2.05) is 31.2 Å². The lowest BCUT2D eigenvalue weighted by Crippen LogP contribution is -2.40. The number of rotatable bonds is 7. The molecule has 0 aliphatic carbocycles. The normalized spacial score (nSPS) is 10.2. The van der Waals surface area contributed by atoms with Crippen LogP contribution in [0.15, 0.2) is 53.0 Å². The number of nitrogens with one attached hydrogen (secondary N) is 3. The van der Waals surface area contributed by atoms with Gasteiger partial charge in [-0.3, -0.25) is 4.79 Å². The molecule has 0 radical (unpaired) electrons. The predicted octanol–water partition coefficient (Wildman–Crippen LogP) is 3.03. The highest BCUT2D eigenvalue weighted by atomic mass is 79.9. The number of aryl methyl sites for hydroxylation is 1. The van der Waals surface area contributed by atoms with Gasteiger partial charge in [-0.25, -0.2) is 4.79 Å². The van der Waals surface area contributed by atoms with Crippen molar-refractivity contribution >= 4 is 27.9 Å². The Bertz CT molecular complexity index is 734. The van der Waals surface area contributed by atoms with Crippen LogP contribution >= 0.6 is 15.9 Å². The minimum Gasteiger partial charge on any atom is -0.350 e. The summed E-state index contributed by atoms with van der Waals surface area (Å²) in [6, 6.07) is 15.1. The SMILES string of the molecule is Cc1cccc(CCNC(=O)NCCNC(=O)c2cccc(Br)c2)c1. The van der Waals surface area contributed by atoms with E-state index in [1.165, 1.54) is 11.1 Å². The molecule has 0 bridgehead atoms. The van der Waals surface area contributed by atoms with Crippen LogP contribution in [-0.4, -0.2) is 31.6 Å². The average molecular weight is 404 g/mol. The van der Waals surface area contributed by atoms with E-state index >= 15 is 0 Å². The third-order valence-corrected chi connectivity index (χ3v) is 4.06. The first kappa shape index (κ1) is 19.0. The van der Waals surface area contributed by atoms with E-state index in [9.17, 15) is 9.59 Å². The second-order valence-corrected chi connectivity index (χ2v) is 6.60. The first-order valence-corrected chi connectivity index (χ1v) is 8.95. The first-order valence-electron chi connectivity index (χ1n) is 8.15. The third kappa shape index (κ3) is 6.97. The van der Waals surface area contributed by atoms with Crippen LogP contribution in [0.1, 0.15) is 21.5 Å². The number of urea groups is 1. The van der Waals surface area contributed by atoms with Crippen LogP contribution in [-0.2, 0) is 6.42 Å². The van der Waals surface area contributed by atoms with Gasteiger partial charge in [0.15, 0.2) is 0 Å². The molecule has 0 aromatic heterocycles. The fourth-order valence-corrected chi connectivity index (χ4v) is 2.73. The molecule has 0 aliphatic heterocycles. The van der Waals surface area contributed by atoms with Crippen LogP contribution in [0.2, 0.25) is 0 Å². The van der Waals surface area contributed by atoms with Crippen molar-refractivity contribution in [2.45, 2.75) is 13.3 Å². The molecule has 0 aliphatic rings. The Labute approximate surface area is 156 Å². The Morgan fingerprint density at radius 2 is 1.64 bits per heavy atom. The molecule has 132 valence electrons. The molecule has 6 heteroatoms. The molecular weight excluding hydrogens is 382 g/mol. The number of amides is 3. The zero-order valence-corrected chi connectivity index (χ0v) is 15.7. The van der Waals surface area contributed by atoms with Gasteiger partial charge in [0.25, 0.3) is 5.91 Å². The Kier molecular flexibility index (Phi) is 7.47. The highest BCUT2D eigenvalue weighted by Gasteiger charge is 2.05. The van der Waals surface area contributed by atoms with Crippen molar-refractivity contribution in [1.82, 2.24) is 16.0 Å². The molecule has 3 N–H and O–H groups in total. The van der Waals surface area contributed by atoms with Crippen LogP contribution in [0.25, 0.3) is 0 Å². The number of benzene rings is 2. The molecule has 0 fully saturated rings. The minimum absolute atomic E-state index is 0.164. The van der Waals surface area contributed by atoms with E-state index in [-0.39, 0.29) is 11.9 Å². The number of carbonyl (C=O) groups excluding carboxylic acids is 2. The molecular formula is C19H22BrN3O2. The van der Waals surface area contributed by atoms with Crippen molar-refractivity contribution in [3.05, 3.63) is 69.7 Å². The zero-order chi connectivity index (χ0) is 18.1. The van der Waals surface area contributed by atoms with E-state index in [0.29, 0.717) is 25.2 Å². The van der Waals surface area contributed by atoms with Crippen molar-refractivity contribution in [1.29, 1.82) is 0 Å². The van der Waals surface area contributed by atoms with Crippen LogP contribution in [0.3, 0.4) is 0 Å². The van der Waals surface area contributed by atoms with Crippen LogP contribution in [0.4, 0.5) is 4.79 Å². The fraction of sp³-hybridized carbons (Fsp3) is 0.263. The maximum atomic E-state index is 11.9. The van der Waals surface area contributed by atoms with Gasteiger partial charge in [-0.1, -0.05) is 51.8 Å². The first-order chi connectivity index (χ1) is 12.0. The molecule has 0 atom stereocenters. The Hall–Kier alpha value is -2.34. The largest absolute Gasteiger partial charge is 0.350 e. The molecule has 5 nitrogen and oxygen atoms in total. The van der Waals surface area contributed by atoms with Gasteiger partial charge in [0, 0.05) is 29.7 Å². The number of halogens is 1. The lowest BCUT2D eigenvalue weighted by atomic mass is 10.1. The van der Waals surface area contributed by atoms with Gasteiger partial charge in [-0.15, -0.1) is 0 Å². The average Bonchev–Trinajstić information content (AvgIpc) is 2.58. The summed E-state index contributed by atoms with van der Waals surface area (Å²) in [5.41, 5.74) is 2.99. The third-order valence-electron chi connectivity index (χ3n) is 3.56. The Morgan fingerprint density at radius 1 is 0.920 bits per heavy atom. The van der Waals surface area contributed by atoms with Crippen molar-refractivity contribution in [3.8, 4) is 0 Å². The topological polar surface area (TPSA) is 70.2 Å². The fourth-order valence-electron chi connectivity index (χ4n) is 2.33. The Balaban J connectivity index is 1.60. The lowest BCUT2D eigenvalue weighted by molar-refractivity contribution is 0.0953. The summed E-state index contributed by atoms with van der Waals surface area (Å²) in [6.45, 7) is 3.36. The highest BCUT2D eigenvalue weighted by molar-refractivity contribution is 9.10. The van der Waals surface area contributed by atoms with Crippen LogP contribution < -0.4 is 16.0 Å². The minimum atomic E-state index is -0.232. The van der Waals surface area contributed by atoms with Crippen molar-refractivity contribution in [2.75, 3.05) is 19.6 Å². The van der Waals surface area contributed by atoms with Gasteiger partial charge in [0.05, 0.1) is 0 Å². The molecule has 25 heavy (non-hydrogen) atoms. The van der Waals surface area contributed by atoms with E-state index in [1.54, 1.807) is 18.2 Å². The molecule has 0 unspecified atom stereocenters. The van der Waals surface area contributed by atoms with Gasteiger partial charge >= 0.3 is 6.03 Å². The summed E-state index contributed by atoms with van der Waals surface area (Å²) < 4.78 is 0.853. The molecule has 0 saturated carbocycles. The standard InChI is InChI=1S/C19H22BrN3O2/c1-14-4-2-5-15(12-14)8-9-22-19(25)23-11-10-21-18(24)16-6-3-7-17(20)13-16/h2-7,12-13H,8-11H2,1H3,(H,21,24)(H2,22,23,25). The van der Waals surface area contributed by atoms with Gasteiger partial charge < -0.3 is 16.0 Å². The summed E-state index contributed by atoms with van der Waals surface area (Å²) in [5.74, 6) is -0.164. The van der Waals surface area contributed by atoms with E-state index in [0.717, 1.165) is 10.9 Å². The monoisotopic (exact) mass is 403 g/mol. The van der Waals surface area contributed by atoms with E-state index in [2.05, 4.69) is 37.9 Å². The second kappa shape index (κ2) is 9.84. The zero-order valence-electron chi connectivity index (χ0n) is 14.1. The maximum Gasteiger partial charge on any atom is 0.314 e. The summed E-state index contributed by atoms with van der Waals surface area (Å²) in [6.07, 6.45) is 0.786. The quantitative estimate of drug-likeness (QED) is 0.621. The molecule has 0 saturated heterocycles. The highest BCUT2D eigenvalue weighted by Crippen LogP contribution is 2.11. The second-order valence-electron chi connectivity index (χ2n) is 5.69. The Morgan fingerprint density at radius 3 is 2.40 bits per heavy atom. The van der Waals surface area contributed by atoms with E-state index < -0.39 is 0 Å². The van der Waals surface area contributed by atoms with Gasteiger partial charge in [-0.2, -0.15) is 0 Å². The molecule has 0 heterocycles. The lowest BCUT2D eigenvalue weighted by Gasteiger charge is -2.09. The van der Waals surface area contributed by atoms with Crippen LogP contribution in [0, 0.1) is 6.92 Å². The molecule has 2 aromatic rings. The van der Waals surface area contributed by atoms with Gasteiger partial charge in [0.1, 0.15) is 0 Å². The van der Waals surface area contributed by atoms with Crippen molar-refractivity contribution < 1.29 is 9.59 Å². The summed E-state index contributed by atoms with van der Waals surface area (Å²) >= 11 is 3.33. The summed E-state index contributed by atoms with van der Waals surface area (Å²) in [4.78, 5) is 23.7. The van der Waals surface area contributed by atoms with Crippen molar-refractivity contribution in [2.24, 2.45) is 0 Å². The van der Waals surface area contributed by atoms with Gasteiger partial charge in [0.2, 0.25) is 0 Å². The molecule has 3 amide bonds. The number of carbonyl (C=O) groups is 2. The van der Waals surface area contributed by atoms with Crippen LogP contribution in [0.5, 0.6) is 0 Å². The maximum absolute atomic E-state index is 11.9. The van der Waals surface area contributed by atoms with E-state index in [4.69, 9.17) is 0 Å². The predicted molar refractivity (Wildman–Crippen MR) is 103 cm³/mol. The summed E-state index contributed by atoms with van der Waals surface area (Å²) in [5, 5.41) is 8.30. The number of hydrogen-bond acceptors (Lipinski definition) is 2. The van der Waals surface area contributed by atoms with Crippen molar-refractivity contribution in [3.63, 3.8) is 0 Å².